The number of carbonyl (C=O) groups is 1. The van der Waals surface area contributed by atoms with Crippen LogP contribution in [0.3, 0.4) is 0 Å². The second-order valence-corrected chi connectivity index (χ2v) is 6.09. The number of hydrogen-bond acceptors (Lipinski definition) is 5. The van der Waals surface area contributed by atoms with Gasteiger partial charge in [0.2, 0.25) is 0 Å². The van der Waals surface area contributed by atoms with E-state index in [0.29, 0.717) is 23.8 Å². The lowest BCUT2D eigenvalue weighted by molar-refractivity contribution is 0.138. The molecule has 7 heteroatoms. The summed E-state index contributed by atoms with van der Waals surface area (Å²) in [6.45, 7) is 8.08. The lowest BCUT2D eigenvalue weighted by atomic mass is 10.1. The monoisotopic (exact) mass is 316 g/mol. The highest BCUT2D eigenvalue weighted by atomic mass is 16.2. The van der Waals surface area contributed by atoms with E-state index in [-0.39, 0.29) is 6.03 Å². The number of rotatable bonds is 5. The number of nitrogens with one attached hydrogen (secondary N) is 2. The van der Waals surface area contributed by atoms with Crippen LogP contribution in [-0.2, 0) is 0 Å². The Morgan fingerprint density at radius 3 is 2.87 bits per heavy atom. The summed E-state index contributed by atoms with van der Waals surface area (Å²) < 4.78 is 0. The van der Waals surface area contributed by atoms with Crippen LogP contribution in [0.25, 0.3) is 0 Å². The van der Waals surface area contributed by atoms with Gasteiger partial charge in [-0.25, -0.2) is 9.78 Å². The van der Waals surface area contributed by atoms with Gasteiger partial charge < -0.3 is 15.1 Å². The standard InChI is InChI=1S/C16H24N6O/c1-13(12-22-7-5-21(2)6-8-22)11-19-16(23)20-15-9-14(10-17)3-4-18-15/h3-4,9,13H,5-8,11-12H2,1-2H3,(H2,18,19,20,23)/t13-/m0/s1. The van der Waals surface area contributed by atoms with Crippen molar-refractivity contribution < 1.29 is 4.79 Å². The van der Waals surface area contributed by atoms with Gasteiger partial charge in [0.25, 0.3) is 0 Å². The Bertz CT molecular complexity index is 562. The number of nitrogens with zero attached hydrogens (tertiary/aromatic N) is 4. The molecule has 0 aliphatic carbocycles. The molecule has 0 unspecified atom stereocenters. The molecule has 0 saturated carbocycles. The summed E-state index contributed by atoms with van der Waals surface area (Å²) in [5, 5.41) is 14.3. The summed E-state index contributed by atoms with van der Waals surface area (Å²) in [4.78, 5) is 20.7. The molecule has 1 aliphatic heterocycles. The first-order valence-corrected chi connectivity index (χ1v) is 7.88. The average molecular weight is 316 g/mol. The van der Waals surface area contributed by atoms with E-state index in [4.69, 9.17) is 5.26 Å². The number of aromatic nitrogens is 1. The lowest BCUT2D eigenvalue weighted by Crippen LogP contribution is -2.47. The number of anilines is 1. The van der Waals surface area contributed by atoms with Gasteiger partial charge in [0.05, 0.1) is 11.6 Å². The molecule has 1 aliphatic rings. The summed E-state index contributed by atoms with van der Waals surface area (Å²) >= 11 is 0. The highest BCUT2D eigenvalue weighted by Crippen LogP contribution is 2.06. The fraction of sp³-hybridized carbons (Fsp3) is 0.562. The minimum atomic E-state index is -0.294. The summed E-state index contributed by atoms with van der Waals surface area (Å²) in [6.07, 6.45) is 1.50. The number of hydrogen-bond donors (Lipinski definition) is 2. The zero-order valence-electron chi connectivity index (χ0n) is 13.7. The number of carbonyl (C=O) groups excluding carboxylic acids is 1. The predicted octanol–water partition coefficient (Wildman–Crippen LogP) is 0.958. The van der Waals surface area contributed by atoms with Gasteiger partial charge in [-0.1, -0.05) is 6.92 Å². The first-order chi connectivity index (χ1) is 11.1. The topological polar surface area (TPSA) is 84.3 Å². The minimum absolute atomic E-state index is 0.294. The van der Waals surface area contributed by atoms with Crippen LogP contribution < -0.4 is 10.6 Å². The van der Waals surface area contributed by atoms with Crippen LogP contribution in [0.1, 0.15) is 12.5 Å². The maximum Gasteiger partial charge on any atom is 0.320 e. The van der Waals surface area contributed by atoms with Crippen molar-refractivity contribution in [3.63, 3.8) is 0 Å². The highest BCUT2D eigenvalue weighted by Gasteiger charge is 2.16. The van der Waals surface area contributed by atoms with E-state index in [1.54, 1.807) is 12.1 Å². The molecule has 0 bridgehead atoms. The molecular weight excluding hydrogens is 292 g/mol. The smallest absolute Gasteiger partial charge is 0.320 e. The van der Waals surface area contributed by atoms with E-state index >= 15 is 0 Å². The number of nitriles is 1. The molecule has 1 atom stereocenters. The summed E-state index contributed by atoms with van der Waals surface area (Å²) in [7, 11) is 2.14. The second kappa shape index (κ2) is 8.46. The third-order valence-corrected chi connectivity index (χ3v) is 3.91. The Balaban J connectivity index is 1.70. The fourth-order valence-corrected chi connectivity index (χ4v) is 2.53. The van der Waals surface area contributed by atoms with E-state index in [9.17, 15) is 4.79 Å². The van der Waals surface area contributed by atoms with E-state index < -0.39 is 0 Å². The number of amides is 2. The van der Waals surface area contributed by atoms with Crippen LogP contribution in [0, 0.1) is 17.2 Å². The quantitative estimate of drug-likeness (QED) is 0.845. The minimum Gasteiger partial charge on any atom is -0.338 e. The molecule has 7 nitrogen and oxygen atoms in total. The molecular formula is C16H24N6O. The number of pyridine rings is 1. The van der Waals surface area contributed by atoms with Gasteiger partial charge in [-0.15, -0.1) is 0 Å². The average Bonchev–Trinajstić information content (AvgIpc) is 2.55. The zero-order chi connectivity index (χ0) is 16.7. The Morgan fingerprint density at radius 2 is 2.17 bits per heavy atom. The van der Waals surface area contributed by atoms with Crippen molar-refractivity contribution in [1.82, 2.24) is 20.1 Å². The molecule has 124 valence electrons. The Kier molecular flexibility index (Phi) is 6.32. The van der Waals surface area contributed by atoms with Crippen molar-refractivity contribution in [2.75, 3.05) is 51.6 Å². The van der Waals surface area contributed by atoms with Gasteiger partial charge in [-0.05, 0) is 25.1 Å². The molecule has 0 radical (unpaired) electrons. The van der Waals surface area contributed by atoms with Gasteiger partial charge >= 0.3 is 6.03 Å². The van der Waals surface area contributed by atoms with E-state index in [1.165, 1.54) is 6.20 Å². The molecule has 23 heavy (non-hydrogen) atoms. The summed E-state index contributed by atoms with van der Waals surface area (Å²) in [6, 6.07) is 4.87. The van der Waals surface area contributed by atoms with E-state index in [2.05, 4.69) is 39.4 Å². The van der Waals surface area contributed by atoms with Gasteiger partial charge in [0, 0.05) is 45.5 Å². The van der Waals surface area contributed by atoms with Crippen molar-refractivity contribution in [2.24, 2.45) is 5.92 Å². The molecule has 2 rings (SSSR count). The van der Waals surface area contributed by atoms with E-state index in [1.807, 2.05) is 6.07 Å². The van der Waals surface area contributed by atoms with Crippen LogP contribution in [0.5, 0.6) is 0 Å². The normalized spacial score (nSPS) is 17.3. The first kappa shape index (κ1) is 17.2. The Labute approximate surface area is 137 Å². The Hall–Kier alpha value is -2.17. The lowest BCUT2D eigenvalue weighted by Gasteiger charge is -2.33. The van der Waals surface area contributed by atoms with Gasteiger partial charge in [0.1, 0.15) is 5.82 Å². The molecule has 0 aromatic carbocycles. The SMILES string of the molecule is C[C@@H](CNC(=O)Nc1cc(C#N)ccn1)CN1CCN(C)CC1. The van der Waals surface area contributed by atoms with Crippen LogP contribution in [0.15, 0.2) is 18.3 Å². The van der Waals surface area contributed by atoms with Crippen LogP contribution in [0.4, 0.5) is 10.6 Å². The molecule has 1 saturated heterocycles. The van der Waals surface area contributed by atoms with Crippen LogP contribution in [-0.4, -0.2) is 67.1 Å². The zero-order valence-corrected chi connectivity index (χ0v) is 13.7. The van der Waals surface area contributed by atoms with Crippen molar-refractivity contribution in [1.29, 1.82) is 5.26 Å². The van der Waals surface area contributed by atoms with Gasteiger partial charge in [-0.3, -0.25) is 5.32 Å². The largest absolute Gasteiger partial charge is 0.338 e. The van der Waals surface area contributed by atoms with Gasteiger partial charge in [-0.2, -0.15) is 5.26 Å². The third-order valence-electron chi connectivity index (χ3n) is 3.91. The summed E-state index contributed by atoms with van der Waals surface area (Å²) in [5.41, 5.74) is 0.471. The second-order valence-electron chi connectivity index (χ2n) is 6.09. The fourth-order valence-electron chi connectivity index (χ4n) is 2.53. The molecule has 0 spiro atoms. The van der Waals surface area contributed by atoms with Gasteiger partial charge in [0.15, 0.2) is 0 Å². The van der Waals surface area contributed by atoms with Crippen molar-refractivity contribution in [3.8, 4) is 6.07 Å². The number of likely N-dealkylation sites (N-methyl/N-ethyl adjacent to an activating group) is 1. The van der Waals surface area contributed by atoms with Crippen LogP contribution in [0.2, 0.25) is 0 Å². The maximum absolute atomic E-state index is 11.9. The molecule has 1 aromatic rings. The first-order valence-electron chi connectivity index (χ1n) is 7.88. The molecule has 2 amide bonds. The van der Waals surface area contributed by atoms with Crippen molar-refractivity contribution in [3.05, 3.63) is 23.9 Å². The molecule has 1 fully saturated rings. The number of piperazine rings is 1. The van der Waals surface area contributed by atoms with Crippen molar-refractivity contribution in [2.45, 2.75) is 6.92 Å². The van der Waals surface area contributed by atoms with Crippen molar-refractivity contribution >= 4 is 11.8 Å². The number of urea groups is 1. The molecule has 2 heterocycles. The highest BCUT2D eigenvalue weighted by molar-refractivity contribution is 5.88. The molecule has 2 N–H and O–H groups in total. The Morgan fingerprint density at radius 1 is 1.43 bits per heavy atom. The molecule has 1 aromatic heterocycles. The summed E-state index contributed by atoms with van der Waals surface area (Å²) in [5.74, 6) is 0.760. The van der Waals surface area contributed by atoms with Crippen LogP contribution >= 0.6 is 0 Å². The maximum atomic E-state index is 11.9. The predicted molar refractivity (Wildman–Crippen MR) is 89.1 cm³/mol. The third kappa shape index (κ3) is 5.85. The van der Waals surface area contributed by atoms with E-state index in [0.717, 1.165) is 32.7 Å².